The summed E-state index contributed by atoms with van der Waals surface area (Å²) < 4.78 is 174. The highest BCUT2D eigenvalue weighted by atomic mass is 19.2. The first-order valence-electron chi connectivity index (χ1n) is 10.3. The van der Waals surface area contributed by atoms with Gasteiger partial charge in [0.05, 0.1) is 16.2 Å². The largest absolute Gasteiger partial charge is 0.205 e. The van der Waals surface area contributed by atoms with Gasteiger partial charge in [0.2, 0.25) is 0 Å². The summed E-state index contributed by atoms with van der Waals surface area (Å²) >= 11 is 0. The highest BCUT2D eigenvalue weighted by Crippen LogP contribution is 2.45. The summed E-state index contributed by atoms with van der Waals surface area (Å²) in [6.07, 6.45) is 0. The van der Waals surface area contributed by atoms with E-state index in [0.29, 0.717) is 12.1 Å². The standard InChI is InChI=1S/C26H6F12/c27-10-6-5-9(16(28)17(10)29)7-3-1-2-4-8(7)11-12-13(21(33)24(36)20(11)32)19(31)15-14(18(12)30)22(34)25(37)26(38)23(15)35/h1-6H. The van der Waals surface area contributed by atoms with Gasteiger partial charge in [0, 0.05) is 16.5 Å². The number of hydrogen-bond donors (Lipinski definition) is 0. The number of rotatable bonds is 2. The molecule has 0 fully saturated rings. The highest BCUT2D eigenvalue weighted by Gasteiger charge is 2.34. The molecule has 0 spiro atoms. The van der Waals surface area contributed by atoms with E-state index < -0.39 is 114 Å². The number of hydrogen-bond acceptors (Lipinski definition) is 0. The lowest BCUT2D eigenvalue weighted by Crippen LogP contribution is -2.07. The Morgan fingerprint density at radius 2 is 0.737 bits per heavy atom. The van der Waals surface area contributed by atoms with Crippen molar-refractivity contribution in [3.05, 3.63) is 106 Å². The van der Waals surface area contributed by atoms with Crippen molar-refractivity contribution in [1.82, 2.24) is 0 Å². The van der Waals surface area contributed by atoms with E-state index in [0.717, 1.165) is 24.3 Å². The molecule has 12 heteroatoms. The Hall–Kier alpha value is -4.22. The van der Waals surface area contributed by atoms with Crippen LogP contribution >= 0.6 is 0 Å². The first kappa shape index (κ1) is 25.4. The summed E-state index contributed by atoms with van der Waals surface area (Å²) in [4.78, 5) is 0. The minimum absolute atomic E-state index is 0.466. The topological polar surface area (TPSA) is 0 Å². The molecular formula is C26H6F12. The van der Waals surface area contributed by atoms with E-state index in [2.05, 4.69) is 0 Å². The van der Waals surface area contributed by atoms with Gasteiger partial charge in [0.1, 0.15) is 11.6 Å². The summed E-state index contributed by atoms with van der Waals surface area (Å²) in [7, 11) is 0. The fourth-order valence-corrected chi connectivity index (χ4v) is 4.30. The quantitative estimate of drug-likeness (QED) is 0.0898. The lowest BCUT2D eigenvalue weighted by molar-refractivity contribution is 0.414. The van der Waals surface area contributed by atoms with Gasteiger partial charge in [0.25, 0.3) is 0 Å². The third-order valence-electron chi connectivity index (χ3n) is 5.99. The van der Waals surface area contributed by atoms with Gasteiger partial charge in [-0.2, -0.15) is 0 Å². The molecule has 0 aliphatic rings. The molecule has 0 aromatic heterocycles. The van der Waals surface area contributed by atoms with Crippen molar-refractivity contribution in [2.45, 2.75) is 0 Å². The Morgan fingerprint density at radius 1 is 0.289 bits per heavy atom. The van der Waals surface area contributed by atoms with Gasteiger partial charge in [-0.25, -0.2) is 52.7 Å². The monoisotopic (exact) mass is 546 g/mol. The zero-order chi connectivity index (χ0) is 27.8. The van der Waals surface area contributed by atoms with Gasteiger partial charge in [0.15, 0.2) is 58.2 Å². The molecule has 0 atom stereocenters. The van der Waals surface area contributed by atoms with Gasteiger partial charge in [-0.05, 0) is 23.3 Å². The molecule has 0 radical (unpaired) electrons. The fourth-order valence-electron chi connectivity index (χ4n) is 4.30. The van der Waals surface area contributed by atoms with E-state index in [4.69, 9.17) is 0 Å². The van der Waals surface area contributed by atoms with E-state index >= 15 is 13.2 Å². The van der Waals surface area contributed by atoms with Crippen LogP contribution < -0.4 is 0 Å². The van der Waals surface area contributed by atoms with E-state index in [9.17, 15) is 39.5 Å². The second-order valence-corrected chi connectivity index (χ2v) is 7.97. The molecular weight excluding hydrogens is 540 g/mol. The van der Waals surface area contributed by atoms with Crippen molar-refractivity contribution in [3.63, 3.8) is 0 Å². The molecule has 5 aromatic carbocycles. The Kier molecular flexibility index (Phi) is 5.80. The average Bonchev–Trinajstić information content (AvgIpc) is 2.90. The maximum atomic E-state index is 15.7. The molecule has 0 bridgehead atoms. The smallest absolute Gasteiger partial charge is 0.198 e. The Morgan fingerprint density at radius 3 is 1.29 bits per heavy atom. The zero-order valence-corrected chi connectivity index (χ0v) is 18.0. The number of halogens is 12. The van der Waals surface area contributed by atoms with Crippen molar-refractivity contribution in [1.29, 1.82) is 0 Å². The molecule has 0 aliphatic heterocycles. The van der Waals surface area contributed by atoms with Crippen molar-refractivity contribution in [3.8, 4) is 22.3 Å². The molecule has 0 saturated heterocycles. The SMILES string of the molecule is Fc1ccc(-c2ccccc2-c2c(F)c(F)c(F)c3c(F)c4c(F)c(F)c(F)c(F)c4c(F)c23)c(F)c1F. The number of fused-ring (bicyclic) bond motifs is 2. The Balaban J connectivity index is 2.05. The minimum Gasteiger partial charge on any atom is -0.205 e. The van der Waals surface area contributed by atoms with Gasteiger partial charge >= 0.3 is 0 Å². The van der Waals surface area contributed by atoms with Crippen LogP contribution in [0, 0.1) is 69.8 Å². The van der Waals surface area contributed by atoms with E-state index in [1.54, 1.807) is 0 Å². The zero-order valence-electron chi connectivity index (χ0n) is 18.0. The maximum Gasteiger partial charge on any atom is 0.198 e. The van der Waals surface area contributed by atoms with Crippen molar-refractivity contribution in [2.75, 3.05) is 0 Å². The van der Waals surface area contributed by atoms with Crippen molar-refractivity contribution >= 4 is 21.5 Å². The predicted octanol–water partition coefficient (Wildman–Crippen LogP) is 9.00. The number of benzene rings is 5. The van der Waals surface area contributed by atoms with Crippen LogP contribution in [0.5, 0.6) is 0 Å². The minimum atomic E-state index is -2.59. The van der Waals surface area contributed by atoms with E-state index in [1.165, 1.54) is 0 Å². The molecule has 38 heavy (non-hydrogen) atoms. The Bertz CT molecular complexity index is 1840. The predicted molar refractivity (Wildman–Crippen MR) is 112 cm³/mol. The fraction of sp³-hybridized carbons (Fsp3) is 0. The molecule has 0 amide bonds. The van der Waals surface area contributed by atoms with Crippen molar-refractivity contribution in [2.24, 2.45) is 0 Å². The van der Waals surface area contributed by atoms with Crippen LogP contribution in [0.4, 0.5) is 52.7 Å². The second-order valence-electron chi connectivity index (χ2n) is 7.97. The molecule has 0 unspecified atom stereocenters. The summed E-state index contributed by atoms with van der Waals surface area (Å²) in [5.41, 5.74) is -3.52. The summed E-state index contributed by atoms with van der Waals surface area (Å²) in [6, 6.07) is 5.16. The van der Waals surface area contributed by atoms with E-state index in [1.807, 2.05) is 0 Å². The first-order chi connectivity index (χ1) is 17.9. The van der Waals surface area contributed by atoms with Crippen molar-refractivity contribution < 1.29 is 52.7 Å². The summed E-state index contributed by atoms with van der Waals surface area (Å²) in [5.74, 6) is -27.2. The van der Waals surface area contributed by atoms with Crippen LogP contribution in [0.3, 0.4) is 0 Å². The normalized spacial score (nSPS) is 11.7. The molecule has 0 saturated carbocycles. The van der Waals surface area contributed by atoms with Crippen LogP contribution in [0.25, 0.3) is 43.8 Å². The molecule has 5 rings (SSSR count). The maximum absolute atomic E-state index is 15.7. The first-order valence-corrected chi connectivity index (χ1v) is 10.3. The van der Waals surface area contributed by atoms with E-state index in [-0.39, 0.29) is 0 Å². The van der Waals surface area contributed by atoms with Crippen LogP contribution in [0.2, 0.25) is 0 Å². The third kappa shape index (κ3) is 3.28. The van der Waals surface area contributed by atoms with Crippen LogP contribution in [-0.2, 0) is 0 Å². The molecule has 0 nitrogen and oxygen atoms in total. The molecule has 194 valence electrons. The summed E-state index contributed by atoms with van der Waals surface area (Å²) in [6.45, 7) is 0. The van der Waals surface area contributed by atoms with Crippen LogP contribution in [0.1, 0.15) is 0 Å². The average molecular weight is 546 g/mol. The molecule has 5 aromatic rings. The lowest BCUT2D eigenvalue weighted by Gasteiger charge is -2.18. The van der Waals surface area contributed by atoms with Gasteiger partial charge < -0.3 is 0 Å². The van der Waals surface area contributed by atoms with Gasteiger partial charge in [-0.3, -0.25) is 0 Å². The van der Waals surface area contributed by atoms with Crippen LogP contribution in [-0.4, -0.2) is 0 Å². The van der Waals surface area contributed by atoms with Gasteiger partial charge in [-0.1, -0.05) is 24.3 Å². The molecule has 0 N–H and O–H groups in total. The Labute approximate surface area is 203 Å². The van der Waals surface area contributed by atoms with Crippen LogP contribution in [0.15, 0.2) is 36.4 Å². The van der Waals surface area contributed by atoms with Gasteiger partial charge in [-0.15, -0.1) is 0 Å². The molecule has 0 aliphatic carbocycles. The highest BCUT2D eigenvalue weighted by molar-refractivity contribution is 6.08. The third-order valence-corrected chi connectivity index (χ3v) is 5.99. The second kappa shape index (κ2) is 8.67. The molecule has 0 heterocycles. The summed E-state index contributed by atoms with van der Waals surface area (Å²) in [5, 5.41) is -7.23. The lowest BCUT2D eigenvalue weighted by atomic mass is 9.88.